The number of carboxylic acids is 1. The predicted octanol–water partition coefficient (Wildman–Crippen LogP) is 3.70. The van der Waals surface area contributed by atoms with E-state index in [9.17, 15) is 9.59 Å². The van der Waals surface area contributed by atoms with E-state index in [1.165, 1.54) is 32.1 Å². The number of hydrogen-bond acceptors (Lipinski definition) is 2. The molecule has 22 heavy (non-hydrogen) atoms. The lowest BCUT2D eigenvalue weighted by molar-refractivity contribution is -0.147. The van der Waals surface area contributed by atoms with Crippen LogP contribution in [0.5, 0.6) is 0 Å². The second-order valence-electron chi connectivity index (χ2n) is 7.16. The molecular formula is C18H31NO3. The van der Waals surface area contributed by atoms with Gasteiger partial charge in [-0.2, -0.15) is 0 Å². The molecule has 4 nitrogen and oxygen atoms in total. The minimum atomic E-state index is -0.709. The summed E-state index contributed by atoms with van der Waals surface area (Å²) in [5.41, 5.74) is 0. The molecule has 2 fully saturated rings. The van der Waals surface area contributed by atoms with E-state index in [4.69, 9.17) is 5.11 Å². The smallest absolute Gasteiger partial charge is 0.306 e. The zero-order valence-corrected chi connectivity index (χ0v) is 13.9. The Morgan fingerprint density at radius 3 is 2.27 bits per heavy atom. The molecule has 1 saturated heterocycles. The van der Waals surface area contributed by atoms with E-state index in [1.807, 2.05) is 4.90 Å². The fourth-order valence-electron chi connectivity index (χ4n) is 4.12. The highest BCUT2D eigenvalue weighted by Gasteiger charge is 2.31. The van der Waals surface area contributed by atoms with Crippen molar-refractivity contribution >= 4 is 11.9 Å². The minimum absolute atomic E-state index is 0.162. The normalized spacial score (nSPS) is 22.5. The number of aliphatic carboxylic acids is 1. The molecule has 1 unspecified atom stereocenters. The molecule has 0 spiro atoms. The van der Waals surface area contributed by atoms with Crippen molar-refractivity contribution < 1.29 is 14.7 Å². The molecule has 0 bridgehead atoms. The van der Waals surface area contributed by atoms with Crippen LogP contribution in [-0.2, 0) is 9.59 Å². The van der Waals surface area contributed by atoms with Crippen LogP contribution in [0.1, 0.15) is 71.1 Å². The van der Waals surface area contributed by atoms with Crippen LogP contribution < -0.4 is 0 Å². The zero-order valence-electron chi connectivity index (χ0n) is 13.9. The number of amides is 1. The molecule has 1 aliphatic heterocycles. The van der Waals surface area contributed by atoms with Crippen molar-refractivity contribution in [2.45, 2.75) is 71.1 Å². The van der Waals surface area contributed by atoms with Crippen LogP contribution in [0.4, 0.5) is 0 Å². The van der Waals surface area contributed by atoms with E-state index in [-0.39, 0.29) is 17.7 Å². The molecule has 0 aromatic heterocycles. The van der Waals surface area contributed by atoms with Crippen molar-refractivity contribution in [1.29, 1.82) is 0 Å². The molecule has 1 aliphatic carbocycles. The van der Waals surface area contributed by atoms with Crippen LogP contribution in [0.3, 0.4) is 0 Å². The van der Waals surface area contributed by atoms with Gasteiger partial charge in [0.15, 0.2) is 0 Å². The second-order valence-corrected chi connectivity index (χ2v) is 7.16. The first-order chi connectivity index (χ1) is 10.6. The highest BCUT2D eigenvalue weighted by atomic mass is 16.4. The number of carboxylic acid groups (broad SMARTS) is 1. The van der Waals surface area contributed by atoms with E-state index in [0.717, 1.165) is 25.2 Å². The predicted molar refractivity (Wildman–Crippen MR) is 86.5 cm³/mol. The van der Waals surface area contributed by atoms with Gasteiger partial charge in [-0.05, 0) is 31.6 Å². The van der Waals surface area contributed by atoms with Gasteiger partial charge in [0.1, 0.15) is 0 Å². The lowest BCUT2D eigenvalue weighted by Gasteiger charge is -2.34. The SMILES string of the molecule is CCCC(CC1CCCCC1)C(=O)N1CCC(C(=O)O)CC1. The number of likely N-dealkylation sites (tertiary alicyclic amines) is 1. The van der Waals surface area contributed by atoms with Crippen molar-refractivity contribution in [2.24, 2.45) is 17.8 Å². The van der Waals surface area contributed by atoms with Crippen LogP contribution in [0.15, 0.2) is 0 Å². The molecule has 1 saturated carbocycles. The average molecular weight is 309 g/mol. The number of carbonyl (C=O) groups is 2. The third-order valence-electron chi connectivity index (χ3n) is 5.48. The Kier molecular flexibility index (Phi) is 6.71. The maximum atomic E-state index is 12.8. The molecule has 2 rings (SSSR count). The first-order valence-corrected chi connectivity index (χ1v) is 9.13. The van der Waals surface area contributed by atoms with Gasteiger partial charge in [-0.15, -0.1) is 0 Å². The number of carbonyl (C=O) groups excluding carboxylic acids is 1. The standard InChI is InChI=1S/C18H31NO3/c1-2-6-16(13-14-7-4-3-5-8-14)17(20)19-11-9-15(10-12-19)18(21)22/h14-16H,2-13H2,1H3,(H,21,22). The largest absolute Gasteiger partial charge is 0.481 e. The van der Waals surface area contributed by atoms with E-state index in [0.29, 0.717) is 25.9 Å². The summed E-state index contributed by atoms with van der Waals surface area (Å²) in [5, 5.41) is 9.07. The zero-order chi connectivity index (χ0) is 15.9. The number of hydrogen-bond donors (Lipinski definition) is 1. The van der Waals surface area contributed by atoms with Crippen LogP contribution in [0, 0.1) is 17.8 Å². The molecule has 2 aliphatic rings. The summed E-state index contributed by atoms with van der Waals surface area (Å²) in [7, 11) is 0. The molecule has 0 aromatic rings. The van der Waals surface area contributed by atoms with Gasteiger partial charge in [0.2, 0.25) is 5.91 Å². The second kappa shape index (κ2) is 8.54. The van der Waals surface area contributed by atoms with Gasteiger partial charge in [-0.3, -0.25) is 9.59 Å². The van der Waals surface area contributed by atoms with E-state index < -0.39 is 5.97 Å². The average Bonchev–Trinajstić information content (AvgIpc) is 2.55. The fourth-order valence-corrected chi connectivity index (χ4v) is 4.12. The Balaban J connectivity index is 1.87. The molecule has 0 aromatic carbocycles. The van der Waals surface area contributed by atoms with Crippen molar-refractivity contribution in [1.82, 2.24) is 4.90 Å². The van der Waals surface area contributed by atoms with Gasteiger partial charge in [0.25, 0.3) is 0 Å². The molecule has 0 radical (unpaired) electrons. The van der Waals surface area contributed by atoms with Crippen molar-refractivity contribution in [3.05, 3.63) is 0 Å². The highest BCUT2D eigenvalue weighted by molar-refractivity contribution is 5.79. The monoisotopic (exact) mass is 309 g/mol. The summed E-state index contributed by atoms with van der Waals surface area (Å²) in [4.78, 5) is 25.8. The first-order valence-electron chi connectivity index (χ1n) is 9.13. The molecule has 126 valence electrons. The Labute approximate surface area is 134 Å². The van der Waals surface area contributed by atoms with E-state index in [1.54, 1.807) is 0 Å². The highest BCUT2D eigenvalue weighted by Crippen LogP contribution is 2.32. The maximum Gasteiger partial charge on any atom is 0.306 e. The van der Waals surface area contributed by atoms with Crippen LogP contribution in [-0.4, -0.2) is 35.0 Å². The van der Waals surface area contributed by atoms with Crippen LogP contribution >= 0.6 is 0 Å². The van der Waals surface area contributed by atoms with Crippen molar-refractivity contribution in [3.8, 4) is 0 Å². The van der Waals surface area contributed by atoms with Crippen molar-refractivity contribution in [3.63, 3.8) is 0 Å². The lowest BCUT2D eigenvalue weighted by Crippen LogP contribution is -2.43. The Morgan fingerprint density at radius 2 is 1.73 bits per heavy atom. The van der Waals surface area contributed by atoms with Gasteiger partial charge in [0.05, 0.1) is 5.92 Å². The maximum absolute atomic E-state index is 12.8. The van der Waals surface area contributed by atoms with Gasteiger partial charge in [-0.1, -0.05) is 45.4 Å². The number of rotatable bonds is 6. The lowest BCUT2D eigenvalue weighted by atomic mass is 9.81. The van der Waals surface area contributed by atoms with Crippen LogP contribution in [0.2, 0.25) is 0 Å². The molecule has 1 heterocycles. The topological polar surface area (TPSA) is 57.6 Å². The summed E-state index contributed by atoms with van der Waals surface area (Å²) >= 11 is 0. The minimum Gasteiger partial charge on any atom is -0.481 e. The van der Waals surface area contributed by atoms with Gasteiger partial charge in [-0.25, -0.2) is 0 Å². The molecule has 1 atom stereocenters. The first kappa shape index (κ1) is 17.3. The molecular weight excluding hydrogens is 278 g/mol. The Bertz CT molecular complexity index is 369. The Morgan fingerprint density at radius 1 is 1.09 bits per heavy atom. The Hall–Kier alpha value is -1.06. The summed E-state index contributed by atoms with van der Waals surface area (Å²) in [6.45, 7) is 3.40. The summed E-state index contributed by atoms with van der Waals surface area (Å²) < 4.78 is 0. The van der Waals surface area contributed by atoms with Crippen LogP contribution in [0.25, 0.3) is 0 Å². The van der Waals surface area contributed by atoms with Gasteiger partial charge < -0.3 is 10.0 Å². The summed E-state index contributed by atoms with van der Waals surface area (Å²) in [5.74, 6) is 0.211. The molecule has 1 amide bonds. The molecule has 4 heteroatoms. The van der Waals surface area contributed by atoms with Gasteiger partial charge in [0, 0.05) is 19.0 Å². The fraction of sp³-hybridized carbons (Fsp3) is 0.889. The summed E-state index contributed by atoms with van der Waals surface area (Å²) in [6, 6.07) is 0. The third kappa shape index (κ3) is 4.72. The summed E-state index contributed by atoms with van der Waals surface area (Å²) in [6.07, 6.45) is 10.9. The number of piperidine rings is 1. The third-order valence-corrected chi connectivity index (χ3v) is 5.48. The van der Waals surface area contributed by atoms with Gasteiger partial charge >= 0.3 is 5.97 Å². The van der Waals surface area contributed by atoms with Crippen molar-refractivity contribution in [2.75, 3.05) is 13.1 Å². The molecule has 1 N–H and O–H groups in total. The van der Waals surface area contributed by atoms with E-state index >= 15 is 0 Å². The van der Waals surface area contributed by atoms with E-state index in [2.05, 4.69) is 6.92 Å². The number of nitrogens with zero attached hydrogens (tertiary/aromatic N) is 1. The quantitative estimate of drug-likeness (QED) is 0.814.